The summed E-state index contributed by atoms with van der Waals surface area (Å²) in [6.07, 6.45) is 3.57. The number of aliphatic carboxylic acids is 1. The first-order valence-corrected chi connectivity index (χ1v) is 21.0. The fourth-order valence-electron chi connectivity index (χ4n) is 8.27. The van der Waals surface area contributed by atoms with Crippen molar-refractivity contribution in [2.45, 2.75) is 76.3 Å². The Bertz CT molecular complexity index is 2520. The normalized spacial score (nSPS) is 17.7. The van der Waals surface area contributed by atoms with Crippen molar-refractivity contribution in [2.75, 3.05) is 5.32 Å². The molecule has 1 saturated carbocycles. The number of hydrogen-bond acceptors (Lipinski definition) is 7. The van der Waals surface area contributed by atoms with Gasteiger partial charge in [0.25, 0.3) is 5.91 Å². The van der Waals surface area contributed by atoms with Gasteiger partial charge < -0.3 is 30.1 Å². The molecule has 0 aromatic heterocycles. The Balaban J connectivity index is 0.981. The number of nitrogens with zero attached hydrogens (tertiary/aromatic N) is 2. The van der Waals surface area contributed by atoms with Crippen molar-refractivity contribution in [2.24, 2.45) is 5.92 Å². The summed E-state index contributed by atoms with van der Waals surface area (Å²) in [4.78, 5) is 56.1. The predicted octanol–water partition coefficient (Wildman–Crippen LogP) is 8.83. The van der Waals surface area contributed by atoms with Gasteiger partial charge in [-0.1, -0.05) is 97.1 Å². The first-order valence-electron chi connectivity index (χ1n) is 20.3. The maximum absolute atomic E-state index is 14.2. The van der Waals surface area contributed by atoms with Crippen LogP contribution >= 0.6 is 23.2 Å². The van der Waals surface area contributed by atoms with Crippen LogP contribution in [0.2, 0.25) is 10.0 Å². The van der Waals surface area contributed by atoms with E-state index in [1.165, 1.54) is 0 Å². The molecule has 0 saturated heterocycles. The number of carbonyl (C=O) groups excluding carboxylic acids is 3. The van der Waals surface area contributed by atoms with Gasteiger partial charge in [-0.25, -0.2) is 4.79 Å². The molecule has 0 radical (unpaired) electrons. The van der Waals surface area contributed by atoms with E-state index in [1.807, 2.05) is 48.5 Å². The van der Waals surface area contributed by atoms with Crippen LogP contribution in [0.1, 0.15) is 71.6 Å². The summed E-state index contributed by atoms with van der Waals surface area (Å²) in [5.74, 6) is -1.45. The van der Waals surface area contributed by atoms with Gasteiger partial charge in [0.15, 0.2) is 0 Å². The molecule has 3 atom stereocenters. The Kier molecular flexibility index (Phi) is 12.3. The third kappa shape index (κ3) is 9.36. The maximum atomic E-state index is 14.2. The summed E-state index contributed by atoms with van der Waals surface area (Å²) >= 11 is 12.2. The molecule has 8 rings (SSSR count). The second kappa shape index (κ2) is 18.1. The molecule has 1 fully saturated rings. The SMILES string of the molecule is N#Cc1ccc(-c2ccc(C[C@H](NC(=O)[C@@H]3Cc4cc5c(cc4CN3C(=O)C3CCCCC3)OC(c3ccc(OCc4ccc(Cl)c(Cl)c4)cc3)C(=O)N5)C(=O)O)cc2)cc1. The fourth-order valence-corrected chi connectivity index (χ4v) is 8.59. The van der Waals surface area contributed by atoms with E-state index in [2.05, 4.69) is 16.7 Å². The number of carboxylic acids is 1. The van der Waals surface area contributed by atoms with E-state index in [4.69, 9.17) is 37.9 Å². The Hall–Kier alpha value is -6.35. The molecule has 3 amide bonds. The van der Waals surface area contributed by atoms with E-state index in [-0.39, 0.29) is 43.7 Å². The number of benzene rings is 5. The van der Waals surface area contributed by atoms with Crippen LogP contribution in [-0.2, 0) is 45.2 Å². The molecule has 61 heavy (non-hydrogen) atoms. The molecular weight excluding hydrogens is 815 g/mol. The van der Waals surface area contributed by atoms with Gasteiger partial charge in [-0.15, -0.1) is 0 Å². The third-order valence-corrected chi connectivity index (χ3v) is 12.4. The van der Waals surface area contributed by atoms with Crippen LogP contribution in [0, 0.1) is 17.2 Å². The Morgan fingerprint density at radius 1 is 0.869 bits per heavy atom. The van der Waals surface area contributed by atoms with Gasteiger partial charge >= 0.3 is 5.97 Å². The monoisotopic (exact) mass is 856 g/mol. The number of anilines is 1. The zero-order valence-electron chi connectivity index (χ0n) is 33.0. The number of ether oxygens (including phenoxy) is 2. The predicted molar refractivity (Wildman–Crippen MR) is 230 cm³/mol. The summed E-state index contributed by atoms with van der Waals surface area (Å²) in [6.45, 7) is 0.396. The van der Waals surface area contributed by atoms with Gasteiger partial charge in [0.2, 0.25) is 17.9 Å². The highest BCUT2D eigenvalue weighted by molar-refractivity contribution is 6.42. The number of fused-ring (bicyclic) bond motifs is 2. The van der Waals surface area contributed by atoms with Crippen LogP contribution in [-0.4, -0.2) is 45.8 Å². The van der Waals surface area contributed by atoms with E-state index in [9.17, 15) is 24.3 Å². The Morgan fingerprint density at radius 2 is 1.56 bits per heavy atom. The lowest BCUT2D eigenvalue weighted by molar-refractivity contribution is -0.147. The molecule has 2 heterocycles. The number of rotatable bonds is 11. The lowest BCUT2D eigenvalue weighted by Gasteiger charge is -2.39. The van der Waals surface area contributed by atoms with E-state index >= 15 is 0 Å². The molecule has 13 heteroatoms. The molecule has 1 aliphatic carbocycles. The quantitative estimate of drug-likeness (QED) is 0.119. The first-order chi connectivity index (χ1) is 29.5. The molecule has 3 N–H and O–H groups in total. The largest absolute Gasteiger partial charge is 0.489 e. The summed E-state index contributed by atoms with van der Waals surface area (Å²) in [7, 11) is 0. The number of carboxylic acid groups (broad SMARTS) is 1. The highest BCUT2D eigenvalue weighted by Crippen LogP contribution is 2.40. The second-order valence-corrected chi connectivity index (χ2v) is 16.5. The number of nitriles is 1. The summed E-state index contributed by atoms with van der Waals surface area (Å²) < 4.78 is 12.2. The zero-order valence-corrected chi connectivity index (χ0v) is 34.5. The minimum absolute atomic E-state index is 0.0289. The molecule has 1 unspecified atom stereocenters. The number of amides is 3. The molecule has 11 nitrogen and oxygen atoms in total. The van der Waals surface area contributed by atoms with E-state index in [0.717, 1.165) is 59.9 Å². The van der Waals surface area contributed by atoms with Crippen LogP contribution in [0.15, 0.2) is 103 Å². The summed E-state index contributed by atoms with van der Waals surface area (Å²) in [5.41, 5.74) is 6.52. The average molecular weight is 858 g/mol. The molecule has 5 aromatic rings. The first kappa shape index (κ1) is 41.4. The van der Waals surface area contributed by atoms with Gasteiger partial charge in [-0.05, 0) is 94.8 Å². The van der Waals surface area contributed by atoms with E-state index in [0.29, 0.717) is 43.9 Å². The van der Waals surface area contributed by atoms with E-state index < -0.39 is 30.1 Å². The average Bonchev–Trinajstić information content (AvgIpc) is 3.28. The standard InChI is InChI=1S/C48H42Cl2N4O7/c49-38-19-10-30(20-39(38)50)27-60-37-17-15-33(16-18-37)44-46(56)52-40-22-35-23-42(54(26-36(35)24-43(40)61-44)47(57)34-4-2-1-3-5-34)45(55)53-41(48(58)59)21-28-6-11-31(12-7-28)32-13-8-29(25-51)9-14-32/h6-20,22,24,34,41-42,44H,1-5,21,23,26-27H2,(H,52,56)(H,53,55)(H,58,59)/t41-,42-,44?/m0/s1. The van der Waals surface area contributed by atoms with Crippen LogP contribution < -0.4 is 20.1 Å². The Labute approximate surface area is 363 Å². The fraction of sp³-hybridized carbons (Fsp3) is 0.271. The topological polar surface area (TPSA) is 158 Å². The molecule has 3 aliphatic rings. The maximum Gasteiger partial charge on any atom is 0.326 e. The van der Waals surface area contributed by atoms with Crippen molar-refractivity contribution >= 4 is 52.6 Å². The minimum Gasteiger partial charge on any atom is -0.489 e. The molecule has 0 spiro atoms. The van der Waals surface area contributed by atoms with Crippen molar-refractivity contribution in [3.05, 3.63) is 147 Å². The number of halogens is 2. The molecule has 2 aliphatic heterocycles. The number of nitrogens with one attached hydrogen (secondary N) is 2. The van der Waals surface area contributed by atoms with Gasteiger partial charge in [0.1, 0.15) is 30.2 Å². The van der Waals surface area contributed by atoms with Crippen LogP contribution in [0.25, 0.3) is 11.1 Å². The zero-order chi connectivity index (χ0) is 42.6. The molecule has 5 aromatic carbocycles. The lowest BCUT2D eigenvalue weighted by Crippen LogP contribution is -2.57. The number of carbonyl (C=O) groups is 4. The van der Waals surface area contributed by atoms with Crippen molar-refractivity contribution in [1.82, 2.24) is 10.2 Å². The van der Waals surface area contributed by atoms with Crippen LogP contribution in [0.5, 0.6) is 11.5 Å². The molecular formula is C48H42Cl2N4O7. The van der Waals surface area contributed by atoms with Crippen molar-refractivity contribution < 1.29 is 33.8 Å². The highest BCUT2D eigenvalue weighted by atomic mass is 35.5. The summed E-state index contributed by atoms with van der Waals surface area (Å²) in [5, 5.41) is 26.0. The second-order valence-electron chi connectivity index (χ2n) is 15.7. The lowest BCUT2D eigenvalue weighted by atomic mass is 9.85. The van der Waals surface area contributed by atoms with Crippen molar-refractivity contribution in [1.29, 1.82) is 5.26 Å². The van der Waals surface area contributed by atoms with Gasteiger partial charge in [0.05, 0.1) is 27.4 Å². The smallest absolute Gasteiger partial charge is 0.326 e. The van der Waals surface area contributed by atoms with Gasteiger partial charge in [-0.2, -0.15) is 5.26 Å². The third-order valence-electron chi connectivity index (χ3n) is 11.6. The minimum atomic E-state index is -1.25. The van der Waals surface area contributed by atoms with Gasteiger partial charge in [0, 0.05) is 30.9 Å². The van der Waals surface area contributed by atoms with Crippen LogP contribution in [0.4, 0.5) is 5.69 Å². The highest BCUT2D eigenvalue weighted by Gasteiger charge is 2.40. The van der Waals surface area contributed by atoms with Gasteiger partial charge in [-0.3, -0.25) is 14.4 Å². The Morgan fingerprint density at radius 3 is 2.23 bits per heavy atom. The molecule has 310 valence electrons. The summed E-state index contributed by atoms with van der Waals surface area (Å²) in [6, 6.07) is 30.4. The van der Waals surface area contributed by atoms with Crippen molar-refractivity contribution in [3.63, 3.8) is 0 Å². The van der Waals surface area contributed by atoms with E-state index in [1.54, 1.807) is 59.5 Å². The van der Waals surface area contributed by atoms with Crippen LogP contribution in [0.3, 0.4) is 0 Å². The van der Waals surface area contributed by atoms with Crippen molar-refractivity contribution in [3.8, 4) is 28.7 Å². The molecule has 0 bridgehead atoms. The number of hydrogen-bond donors (Lipinski definition) is 3.